The molecule has 1 aliphatic rings. The lowest BCUT2D eigenvalue weighted by Gasteiger charge is -2.25. The molecular formula is C14H22N6O. The molecule has 7 heteroatoms. The Bertz CT molecular complexity index is 524. The van der Waals surface area contributed by atoms with Crippen molar-refractivity contribution >= 4 is 12.1 Å². The molecule has 4 N–H and O–H groups in total. The third-order valence-corrected chi connectivity index (χ3v) is 3.65. The average Bonchev–Trinajstić information content (AvgIpc) is 2.47. The summed E-state index contributed by atoms with van der Waals surface area (Å²) >= 11 is 0. The van der Waals surface area contributed by atoms with Crippen LogP contribution in [0.15, 0.2) is 11.2 Å². The lowest BCUT2D eigenvalue weighted by molar-refractivity contribution is 0.111. The molecule has 0 bridgehead atoms. The molecule has 0 spiro atoms. The zero-order valence-electron chi connectivity index (χ0n) is 12.3. The van der Waals surface area contributed by atoms with Crippen LogP contribution in [0.4, 0.5) is 0 Å². The Balaban J connectivity index is 2.05. The second-order valence-corrected chi connectivity index (χ2v) is 5.45. The van der Waals surface area contributed by atoms with Gasteiger partial charge in [0.1, 0.15) is 17.2 Å². The predicted octanol–water partition coefficient (Wildman–Crippen LogP) is 0.974. The van der Waals surface area contributed by atoms with E-state index in [2.05, 4.69) is 15.1 Å². The fourth-order valence-corrected chi connectivity index (χ4v) is 2.65. The molecule has 1 aromatic rings. The summed E-state index contributed by atoms with van der Waals surface area (Å²) in [5.41, 5.74) is 6.62. The van der Waals surface area contributed by atoms with E-state index in [0.717, 1.165) is 0 Å². The van der Waals surface area contributed by atoms with Crippen LogP contribution in [0.1, 0.15) is 54.1 Å². The number of nitrogens with two attached hydrogens (primary N) is 2. The van der Waals surface area contributed by atoms with Gasteiger partial charge in [-0.15, -0.1) is 5.10 Å². The van der Waals surface area contributed by atoms with Gasteiger partial charge in [-0.2, -0.15) is 0 Å². The fourth-order valence-electron chi connectivity index (χ4n) is 2.65. The normalized spacial score (nSPS) is 16.8. The van der Waals surface area contributed by atoms with Crippen molar-refractivity contribution in [2.45, 2.75) is 39.0 Å². The molecule has 0 atom stereocenters. The highest BCUT2D eigenvalue weighted by atomic mass is 16.1. The molecule has 0 amide bonds. The van der Waals surface area contributed by atoms with Gasteiger partial charge in [0.25, 0.3) is 0 Å². The van der Waals surface area contributed by atoms with E-state index in [1.165, 1.54) is 43.3 Å². The number of aromatic nitrogens is 2. The molecule has 21 heavy (non-hydrogen) atoms. The molecule has 0 radical (unpaired) electrons. The van der Waals surface area contributed by atoms with Crippen molar-refractivity contribution in [2.24, 2.45) is 22.6 Å². The molecule has 2 rings (SSSR count). The van der Waals surface area contributed by atoms with E-state index in [1.54, 1.807) is 6.92 Å². The molecule has 1 fully saturated rings. The summed E-state index contributed by atoms with van der Waals surface area (Å²) in [6.45, 7) is 2.39. The van der Waals surface area contributed by atoms with Crippen molar-refractivity contribution < 1.29 is 4.79 Å². The number of carbonyl (C=O) groups is 1. The van der Waals surface area contributed by atoms with Gasteiger partial charge < -0.3 is 5.73 Å². The SMILES string of the molecule is Cc1nc(C=O)cc(/C(N)=N/N(N)CC2CCCCC2)n1. The van der Waals surface area contributed by atoms with Crippen LogP contribution in [0.3, 0.4) is 0 Å². The van der Waals surface area contributed by atoms with E-state index >= 15 is 0 Å². The molecule has 114 valence electrons. The number of hydrogen-bond donors (Lipinski definition) is 2. The number of hydrazine groups is 1. The maximum Gasteiger partial charge on any atom is 0.171 e. The summed E-state index contributed by atoms with van der Waals surface area (Å²) in [5.74, 6) is 7.14. The van der Waals surface area contributed by atoms with Crippen molar-refractivity contribution in [1.82, 2.24) is 15.1 Å². The van der Waals surface area contributed by atoms with Crippen LogP contribution in [0.2, 0.25) is 0 Å². The summed E-state index contributed by atoms with van der Waals surface area (Å²) in [4.78, 5) is 19.0. The van der Waals surface area contributed by atoms with E-state index in [9.17, 15) is 4.79 Å². The Morgan fingerprint density at radius 3 is 2.81 bits per heavy atom. The van der Waals surface area contributed by atoms with Crippen LogP contribution in [-0.4, -0.2) is 33.8 Å². The van der Waals surface area contributed by atoms with Gasteiger partial charge in [0.05, 0.1) is 6.54 Å². The van der Waals surface area contributed by atoms with Crippen molar-refractivity contribution in [3.8, 4) is 0 Å². The van der Waals surface area contributed by atoms with Crippen LogP contribution in [0.25, 0.3) is 0 Å². The van der Waals surface area contributed by atoms with E-state index < -0.39 is 0 Å². The third-order valence-electron chi connectivity index (χ3n) is 3.65. The zero-order chi connectivity index (χ0) is 15.2. The number of amidine groups is 1. The molecule has 0 aromatic carbocycles. The summed E-state index contributed by atoms with van der Waals surface area (Å²) < 4.78 is 0. The van der Waals surface area contributed by atoms with Gasteiger partial charge in [0, 0.05) is 0 Å². The van der Waals surface area contributed by atoms with Gasteiger partial charge in [-0.3, -0.25) is 4.79 Å². The summed E-state index contributed by atoms with van der Waals surface area (Å²) in [7, 11) is 0. The second-order valence-electron chi connectivity index (χ2n) is 5.45. The average molecular weight is 290 g/mol. The highest BCUT2D eigenvalue weighted by Gasteiger charge is 2.15. The first-order valence-electron chi connectivity index (χ1n) is 7.26. The van der Waals surface area contributed by atoms with Crippen molar-refractivity contribution in [3.63, 3.8) is 0 Å². The minimum Gasteiger partial charge on any atom is -0.380 e. The molecule has 1 heterocycles. The monoisotopic (exact) mass is 290 g/mol. The molecule has 0 aliphatic heterocycles. The molecule has 0 unspecified atom stereocenters. The quantitative estimate of drug-likeness (QED) is 0.275. The maximum atomic E-state index is 10.8. The number of aldehydes is 1. The van der Waals surface area contributed by atoms with Gasteiger partial charge >= 0.3 is 0 Å². The Hall–Kier alpha value is -2.02. The summed E-state index contributed by atoms with van der Waals surface area (Å²) in [6, 6.07) is 1.51. The number of nitrogens with zero attached hydrogens (tertiary/aromatic N) is 4. The van der Waals surface area contributed by atoms with Crippen molar-refractivity contribution in [1.29, 1.82) is 0 Å². The van der Waals surface area contributed by atoms with Gasteiger partial charge in [-0.25, -0.2) is 20.9 Å². The number of hydrogen-bond acceptors (Lipinski definition) is 6. The third kappa shape index (κ3) is 4.49. The highest BCUT2D eigenvalue weighted by Crippen LogP contribution is 2.23. The fraction of sp³-hybridized carbons (Fsp3) is 0.571. The first-order valence-corrected chi connectivity index (χ1v) is 7.26. The van der Waals surface area contributed by atoms with Crippen LogP contribution >= 0.6 is 0 Å². The van der Waals surface area contributed by atoms with Crippen molar-refractivity contribution in [3.05, 3.63) is 23.3 Å². The first-order chi connectivity index (χ1) is 10.1. The molecule has 7 nitrogen and oxygen atoms in total. The highest BCUT2D eigenvalue weighted by molar-refractivity contribution is 5.96. The van der Waals surface area contributed by atoms with Crippen LogP contribution < -0.4 is 11.6 Å². The van der Waals surface area contributed by atoms with Crippen LogP contribution in [0, 0.1) is 12.8 Å². The van der Waals surface area contributed by atoms with Crippen molar-refractivity contribution in [2.75, 3.05) is 6.54 Å². The Morgan fingerprint density at radius 1 is 1.43 bits per heavy atom. The number of rotatable bonds is 5. The van der Waals surface area contributed by atoms with E-state index in [4.69, 9.17) is 11.6 Å². The predicted molar refractivity (Wildman–Crippen MR) is 80.3 cm³/mol. The number of aryl methyl sites for hydroxylation is 1. The van der Waals surface area contributed by atoms with Crippen LogP contribution in [0.5, 0.6) is 0 Å². The molecule has 1 aromatic heterocycles. The summed E-state index contributed by atoms with van der Waals surface area (Å²) in [5, 5.41) is 5.54. The minimum atomic E-state index is 0.196. The number of carbonyl (C=O) groups excluding carboxylic acids is 1. The molecule has 1 aliphatic carbocycles. The van der Waals surface area contributed by atoms with Gasteiger partial charge in [-0.05, 0) is 31.7 Å². The maximum absolute atomic E-state index is 10.8. The minimum absolute atomic E-state index is 0.196. The largest absolute Gasteiger partial charge is 0.380 e. The second kappa shape index (κ2) is 7.12. The van der Waals surface area contributed by atoms with Gasteiger partial charge in [-0.1, -0.05) is 19.3 Å². The molecular weight excluding hydrogens is 268 g/mol. The lowest BCUT2D eigenvalue weighted by atomic mass is 9.89. The smallest absolute Gasteiger partial charge is 0.171 e. The molecule has 0 saturated heterocycles. The zero-order valence-corrected chi connectivity index (χ0v) is 12.3. The van der Waals surface area contributed by atoms with Crippen LogP contribution in [-0.2, 0) is 0 Å². The van der Waals surface area contributed by atoms with E-state index in [-0.39, 0.29) is 11.5 Å². The lowest BCUT2D eigenvalue weighted by Crippen LogP contribution is -2.34. The van der Waals surface area contributed by atoms with E-state index in [0.29, 0.717) is 30.3 Å². The Kier molecular flexibility index (Phi) is 5.21. The Morgan fingerprint density at radius 2 is 2.14 bits per heavy atom. The topological polar surface area (TPSA) is 110 Å². The Labute approximate surface area is 124 Å². The standard InChI is InChI=1S/C14H22N6O/c1-10-17-12(9-21)7-13(18-10)14(15)19-20(16)8-11-5-3-2-4-6-11/h7,9,11H,2-6,8,16H2,1H3,(H2,15,19). The van der Waals surface area contributed by atoms with Gasteiger partial charge in [0.2, 0.25) is 0 Å². The van der Waals surface area contributed by atoms with Gasteiger partial charge in [0.15, 0.2) is 12.1 Å². The van der Waals surface area contributed by atoms with E-state index in [1.807, 2.05) is 0 Å². The molecule has 1 saturated carbocycles. The number of hydrazone groups is 1. The first kappa shape index (κ1) is 15.4. The summed E-state index contributed by atoms with van der Waals surface area (Å²) in [6.07, 6.45) is 6.85.